The van der Waals surface area contributed by atoms with Crippen LogP contribution in [0.15, 0.2) is 27.0 Å². The van der Waals surface area contributed by atoms with E-state index in [0.717, 1.165) is 5.76 Å². The van der Waals surface area contributed by atoms with Crippen molar-refractivity contribution in [3.05, 3.63) is 46.8 Å². The number of carbonyl (C=O) groups excluding carboxylic acids is 2. The molecule has 0 aliphatic rings. The molecule has 0 aromatic carbocycles. The normalized spacial score (nSPS) is 11.5. The van der Waals surface area contributed by atoms with Crippen LogP contribution in [0, 0.1) is 6.92 Å². The zero-order chi connectivity index (χ0) is 16.5. The third-order valence-corrected chi connectivity index (χ3v) is 3.19. The molecular formula is C16H18NO5-. The maximum atomic E-state index is 12.2. The summed E-state index contributed by atoms with van der Waals surface area (Å²) >= 11 is 0. The number of nitrogens with one attached hydrogen (secondary N) is 1. The first-order valence-electron chi connectivity index (χ1n) is 6.87. The molecule has 118 valence electrons. The van der Waals surface area contributed by atoms with Crippen LogP contribution in [0.4, 0.5) is 0 Å². The second-order valence-electron chi connectivity index (χ2n) is 6.07. The van der Waals surface area contributed by atoms with E-state index in [1.54, 1.807) is 13.0 Å². The van der Waals surface area contributed by atoms with E-state index < -0.39 is 5.97 Å². The molecule has 1 N–H and O–H groups in total. The molecule has 0 atom stereocenters. The van der Waals surface area contributed by atoms with Crippen LogP contribution < -0.4 is 10.4 Å². The Labute approximate surface area is 128 Å². The third kappa shape index (κ3) is 3.39. The molecule has 2 aromatic heterocycles. The molecule has 0 bridgehead atoms. The van der Waals surface area contributed by atoms with Crippen LogP contribution >= 0.6 is 0 Å². The maximum Gasteiger partial charge on any atom is 0.255 e. The zero-order valence-corrected chi connectivity index (χ0v) is 13.0. The van der Waals surface area contributed by atoms with Crippen LogP contribution in [0.3, 0.4) is 0 Å². The van der Waals surface area contributed by atoms with Crippen molar-refractivity contribution < 1.29 is 23.5 Å². The highest BCUT2D eigenvalue weighted by Crippen LogP contribution is 2.27. The van der Waals surface area contributed by atoms with Crippen molar-refractivity contribution in [1.82, 2.24) is 5.32 Å². The van der Waals surface area contributed by atoms with Crippen LogP contribution in [0.5, 0.6) is 0 Å². The fourth-order valence-corrected chi connectivity index (χ4v) is 1.92. The van der Waals surface area contributed by atoms with Crippen LogP contribution in [0.2, 0.25) is 0 Å². The lowest BCUT2D eigenvalue weighted by molar-refractivity contribution is -0.257. The molecule has 0 unspecified atom stereocenters. The minimum Gasteiger partial charge on any atom is -0.542 e. The molecule has 0 aliphatic carbocycles. The number of rotatable bonds is 4. The van der Waals surface area contributed by atoms with Gasteiger partial charge in [-0.25, -0.2) is 0 Å². The van der Waals surface area contributed by atoms with Gasteiger partial charge in [0, 0.05) is 5.41 Å². The van der Waals surface area contributed by atoms with Gasteiger partial charge in [-0.05, 0) is 25.1 Å². The predicted octanol–water partition coefficient (Wildman–Crippen LogP) is 1.77. The number of amides is 1. The van der Waals surface area contributed by atoms with Crippen LogP contribution in [-0.2, 0) is 12.0 Å². The Morgan fingerprint density at radius 2 is 1.91 bits per heavy atom. The van der Waals surface area contributed by atoms with Gasteiger partial charge in [-0.3, -0.25) is 4.79 Å². The number of hydrogen-bond acceptors (Lipinski definition) is 5. The van der Waals surface area contributed by atoms with Crippen LogP contribution in [-0.4, -0.2) is 11.9 Å². The van der Waals surface area contributed by atoms with E-state index in [1.807, 2.05) is 20.8 Å². The molecule has 2 aromatic rings. The van der Waals surface area contributed by atoms with Gasteiger partial charge in [-0.15, -0.1) is 0 Å². The Morgan fingerprint density at radius 3 is 2.41 bits per heavy atom. The first-order chi connectivity index (χ1) is 10.2. The maximum absolute atomic E-state index is 12.2. The van der Waals surface area contributed by atoms with E-state index in [0.29, 0.717) is 17.1 Å². The number of furan rings is 2. The fraction of sp³-hybridized carbons (Fsp3) is 0.375. The van der Waals surface area contributed by atoms with Crippen molar-refractivity contribution in [2.45, 2.75) is 39.7 Å². The SMILES string of the molecule is Cc1oc(C(C)(C)C)cc1C(=O)NCc1ccc(C(=O)[O-])o1. The molecule has 2 rings (SSSR count). The van der Waals surface area contributed by atoms with E-state index in [-0.39, 0.29) is 23.6 Å². The van der Waals surface area contributed by atoms with E-state index in [2.05, 4.69) is 5.32 Å². The van der Waals surface area contributed by atoms with Gasteiger partial charge >= 0.3 is 0 Å². The summed E-state index contributed by atoms with van der Waals surface area (Å²) in [7, 11) is 0. The van der Waals surface area contributed by atoms with E-state index >= 15 is 0 Å². The van der Waals surface area contributed by atoms with Crippen LogP contribution in [0.25, 0.3) is 0 Å². The minimum atomic E-state index is -1.39. The van der Waals surface area contributed by atoms with E-state index in [9.17, 15) is 14.7 Å². The smallest absolute Gasteiger partial charge is 0.255 e. The van der Waals surface area contributed by atoms with Gasteiger partial charge in [-0.2, -0.15) is 0 Å². The molecule has 2 heterocycles. The second kappa shape index (κ2) is 5.71. The summed E-state index contributed by atoms with van der Waals surface area (Å²) in [6, 6.07) is 4.49. The van der Waals surface area contributed by atoms with E-state index in [4.69, 9.17) is 8.83 Å². The highest BCUT2D eigenvalue weighted by Gasteiger charge is 2.23. The number of carboxylic acids is 1. The second-order valence-corrected chi connectivity index (χ2v) is 6.07. The van der Waals surface area contributed by atoms with Gasteiger partial charge in [-0.1, -0.05) is 20.8 Å². The topological polar surface area (TPSA) is 95.5 Å². The first-order valence-corrected chi connectivity index (χ1v) is 6.87. The Morgan fingerprint density at radius 1 is 1.23 bits per heavy atom. The zero-order valence-electron chi connectivity index (χ0n) is 13.0. The molecule has 6 heteroatoms. The number of hydrogen-bond donors (Lipinski definition) is 1. The number of carboxylic acid groups (broad SMARTS) is 1. The molecule has 0 fully saturated rings. The van der Waals surface area contributed by atoms with Gasteiger partial charge in [0.15, 0.2) is 0 Å². The van der Waals surface area contributed by atoms with Gasteiger partial charge < -0.3 is 24.1 Å². The molecule has 0 saturated heterocycles. The number of aromatic carboxylic acids is 1. The molecule has 0 aliphatic heterocycles. The standard InChI is InChI=1S/C16H19NO5/c1-9-11(7-13(21-9)16(2,3)4)14(18)17-8-10-5-6-12(22-10)15(19)20/h5-7H,8H2,1-4H3,(H,17,18)(H,19,20)/p-1. The summed E-state index contributed by atoms with van der Waals surface area (Å²) in [6.07, 6.45) is 0. The predicted molar refractivity (Wildman–Crippen MR) is 76.4 cm³/mol. The molecule has 1 amide bonds. The Kier molecular flexibility index (Phi) is 4.12. The van der Waals surface area contributed by atoms with Crippen molar-refractivity contribution in [2.75, 3.05) is 0 Å². The largest absolute Gasteiger partial charge is 0.542 e. The quantitative estimate of drug-likeness (QED) is 0.928. The van der Waals surface area contributed by atoms with Crippen molar-refractivity contribution in [3.63, 3.8) is 0 Å². The van der Waals surface area contributed by atoms with Crippen molar-refractivity contribution >= 4 is 11.9 Å². The molecule has 22 heavy (non-hydrogen) atoms. The lowest BCUT2D eigenvalue weighted by atomic mass is 9.93. The van der Waals surface area contributed by atoms with Crippen molar-refractivity contribution in [2.24, 2.45) is 0 Å². The highest BCUT2D eigenvalue weighted by molar-refractivity contribution is 5.95. The summed E-state index contributed by atoms with van der Waals surface area (Å²) < 4.78 is 10.6. The highest BCUT2D eigenvalue weighted by atomic mass is 16.4. The van der Waals surface area contributed by atoms with Crippen molar-refractivity contribution in [3.8, 4) is 0 Å². The summed E-state index contributed by atoms with van der Waals surface area (Å²) in [5.74, 6) is -0.352. The van der Waals surface area contributed by atoms with E-state index in [1.165, 1.54) is 12.1 Å². The molecular weight excluding hydrogens is 286 g/mol. The van der Waals surface area contributed by atoms with Gasteiger partial charge in [0.25, 0.3) is 5.91 Å². The Bertz CT molecular complexity index is 702. The summed E-state index contributed by atoms with van der Waals surface area (Å²) in [6.45, 7) is 7.80. The molecule has 0 spiro atoms. The summed E-state index contributed by atoms with van der Waals surface area (Å²) in [4.78, 5) is 22.8. The van der Waals surface area contributed by atoms with Gasteiger partial charge in [0.2, 0.25) is 0 Å². The molecule has 0 radical (unpaired) electrons. The molecule has 0 saturated carbocycles. The average Bonchev–Trinajstić information content (AvgIpc) is 3.01. The third-order valence-electron chi connectivity index (χ3n) is 3.19. The van der Waals surface area contributed by atoms with Crippen LogP contribution in [0.1, 0.15) is 59.0 Å². The lowest BCUT2D eigenvalue weighted by Gasteiger charge is -2.13. The number of carbonyl (C=O) groups is 2. The Balaban J connectivity index is 2.06. The van der Waals surface area contributed by atoms with Gasteiger partial charge in [0.1, 0.15) is 29.0 Å². The monoisotopic (exact) mass is 304 g/mol. The van der Waals surface area contributed by atoms with Gasteiger partial charge in [0.05, 0.1) is 12.1 Å². The fourth-order valence-electron chi connectivity index (χ4n) is 1.92. The Hall–Kier alpha value is -2.50. The minimum absolute atomic E-state index is 0.0849. The number of aryl methyl sites for hydroxylation is 1. The summed E-state index contributed by atoms with van der Waals surface area (Å²) in [5.41, 5.74) is 0.268. The summed E-state index contributed by atoms with van der Waals surface area (Å²) in [5, 5.41) is 13.3. The first kappa shape index (κ1) is 15.9. The molecule has 6 nitrogen and oxygen atoms in total. The van der Waals surface area contributed by atoms with Crippen molar-refractivity contribution in [1.29, 1.82) is 0 Å². The average molecular weight is 304 g/mol. The lowest BCUT2D eigenvalue weighted by Crippen LogP contribution is -2.23.